The summed E-state index contributed by atoms with van der Waals surface area (Å²) in [6, 6.07) is 7.46. The second kappa shape index (κ2) is 7.09. The molecule has 0 aromatic heterocycles. The Morgan fingerprint density at radius 1 is 1.45 bits per heavy atom. The molecule has 0 bridgehead atoms. The van der Waals surface area contributed by atoms with E-state index in [1.54, 1.807) is 6.92 Å². The van der Waals surface area contributed by atoms with Crippen molar-refractivity contribution in [1.82, 2.24) is 5.32 Å². The Morgan fingerprint density at radius 3 is 2.65 bits per heavy atom. The van der Waals surface area contributed by atoms with Gasteiger partial charge in [0, 0.05) is 17.1 Å². The van der Waals surface area contributed by atoms with Crippen molar-refractivity contribution in [2.24, 2.45) is 5.92 Å². The van der Waals surface area contributed by atoms with Crippen LogP contribution in [0.4, 0.5) is 0 Å². The summed E-state index contributed by atoms with van der Waals surface area (Å²) in [7, 11) is 0. The van der Waals surface area contributed by atoms with E-state index in [-0.39, 0.29) is 18.6 Å². The van der Waals surface area contributed by atoms with Gasteiger partial charge in [0.2, 0.25) is 0 Å². The molecule has 0 aliphatic heterocycles. The molecule has 0 heterocycles. The quantitative estimate of drug-likeness (QED) is 0.800. The van der Waals surface area contributed by atoms with Crippen LogP contribution in [0.1, 0.15) is 26.2 Å². The largest absolute Gasteiger partial charge is 0.481 e. The number of amides is 1. The van der Waals surface area contributed by atoms with Crippen molar-refractivity contribution in [3.63, 3.8) is 0 Å². The lowest BCUT2D eigenvalue weighted by atomic mass is 10.1. The molecule has 5 heteroatoms. The number of nitrogens with one attached hydrogen (secondary N) is 1. The van der Waals surface area contributed by atoms with Gasteiger partial charge in [0.25, 0.3) is 5.91 Å². The van der Waals surface area contributed by atoms with E-state index >= 15 is 0 Å². The van der Waals surface area contributed by atoms with Gasteiger partial charge in [0.05, 0.1) is 0 Å². The van der Waals surface area contributed by atoms with Gasteiger partial charge in [-0.1, -0.05) is 15.9 Å². The first-order valence-corrected chi connectivity index (χ1v) is 7.73. The number of aliphatic hydroxyl groups is 1. The lowest BCUT2D eigenvalue weighted by molar-refractivity contribution is -0.128. The monoisotopic (exact) mass is 341 g/mol. The van der Waals surface area contributed by atoms with Gasteiger partial charge in [-0.2, -0.15) is 0 Å². The molecule has 1 aromatic rings. The fourth-order valence-electron chi connectivity index (χ4n) is 2.13. The number of hydrogen-bond donors (Lipinski definition) is 2. The fraction of sp³-hybridized carbons (Fsp3) is 0.533. The smallest absolute Gasteiger partial charge is 0.261 e. The highest BCUT2D eigenvalue weighted by molar-refractivity contribution is 9.10. The summed E-state index contributed by atoms with van der Waals surface area (Å²) in [5, 5.41) is 12.0. The van der Waals surface area contributed by atoms with Crippen LogP contribution in [0.2, 0.25) is 0 Å². The number of benzene rings is 1. The summed E-state index contributed by atoms with van der Waals surface area (Å²) >= 11 is 3.35. The van der Waals surface area contributed by atoms with Crippen LogP contribution in [-0.4, -0.2) is 29.8 Å². The predicted octanol–water partition coefficient (Wildman–Crippen LogP) is 2.49. The third-order valence-electron chi connectivity index (χ3n) is 3.45. The standard InChI is InChI=1S/C15H20BrNO3/c1-10(20-13-6-4-12(16)5-7-13)15(19)17-14(8-9-18)11-2-3-11/h4-7,10-11,14,18H,2-3,8-9H2,1H3,(H,17,19). The van der Waals surface area contributed by atoms with E-state index in [0.717, 1.165) is 17.3 Å². The first-order chi connectivity index (χ1) is 9.60. The summed E-state index contributed by atoms with van der Waals surface area (Å²) in [5.74, 6) is 1.06. The van der Waals surface area contributed by atoms with Gasteiger partial charge in [0.1, 0.15) is 5.75 Å². The molecule has 1 amide bonds. The predicted molar refractivity (Wildman–Crippen MR) is 80.6 cm³/mol. The van der Waals surface area contributed by atoms with Crippen LogP contribution in [0.3, 0.4) is 0 Å². The van der Waals surface area contributed by atoms with Gasteiger partial charge < -0.3 is 15.2 Å². The zero-order valence-electron chi connectivity index (χ0n) is 11.5. The normalized spacial score (nSPS) is 17.4. The van der Waals surface area contributed by atoms with E-state index in [0.29, 0.717) is 18.1 Å². The average molecular weight is 342 g/mol. The van der Waals surface area contributed by atoms with Gasteiger partial charge in [-0.3, -0.25) is 4.79 Å². The summed E-state index contributed by atoms with van der Waals surface area (Å²) in [4.78, 5) is 12.1. The minimum absolute atomic E-state index is 0.0727. The van der Waals surface area contributed by atoms with Crippen molar-refractivity contribution in [2.75, 3.05) is 6.61 Å². The molecule has 1 fully saturated rings. The topological polar surface area (TPSA) is 58.6 Å². The number of hydrogen-bond acceptors (Lipinski definition) is 3. The summed E-state index contributed by atoms with van der Waals surface area (Å²) in [5.41, 5.74) is 0. The van der Waals surface area contributed by atoms with E-state index in [9.17, 15) is 4.79 Å². The third-order valence-corrected chi connectivity index (χ3v) is 3.98. The van der Waals surface area contributed by atoms with Gasteiger partial charge in [-0.25, -0.2) is 0 Å². The molecule has 2 atom stereocenters. The molecular weight excluding hydrogens is 322 g/mol. The Bertz CT molecular complexity index is 445. The molecule has 0 radical (unpaired) electrons. The van der Waals surface area contributed by atoms with Gasteiger partial charge in [-0.15, -0.1) is 0 Å². The molecule has 110 valence electrons. The molecule has 1 aliphatic rings. The molecule has 2 unspecified atom stereocenters. The van der Waals surface area contributed by atoms with Crippen molar-refractivity contribution in [3.05, 3.63) is 28.7 Å². The molecule has 2 rings (SSSR count). The Balaban J connectivity index is 1.85. The molecule has 4 nitrogen and oxygen atoms in total. The number of rotatable bonds is 7. The molecule has 20 heavy (non-hydrogen) atoms. The SMILES string of the molecule is CC(Oc1ccc(Br)cc1)C(=O)NC(CCO)C1CC1. The lowest BCUT2D eigenvalue weighted by Gasteiger charge is -2.21. The van der Waals surface area contributed by atoms with Crippen molar-refractivity contribution in [3.8, 4) is 5.75 Å². The van der Waals surface area contributed by atoms with Crippen LogP contribution < -0.4 is 10.1 Å². The van der Waals surface area contributed by atoms with Crippen molar-refractivity contribution in [2.45, 2.75) is 38.3 Å². The zero-order valence-corrected chi connectivity index (χ0v) is 13.1. The first-order valence-electron chi connectivity index (χ1n) is 6.93. The van der Waals surface area contributed by atoms with Crippen molar-refractivity contribution < 1.29 is 14.6 Å². The maximum absolute atomic E-state index is 12.1. The van der Waals surface area contributed by atoms with E-state index in [1.165, 1.54) is 0 Å². The maximum atomic E-state index is 12.1. The number of halogens is 1. The van der Waals surface area contributed by atoms with Gasteiger partial charge in [0.15, 0.2) is 6.10 Å². The highest BCUT2D eigenvalue weighted by Gasteiger charge is 2.32. The molecule has 2 N–H and O–H groups in total. The molecule has 1 aromatic carbocycles. The van der Waals surface area contributed by atoms with Gasteiger partial charge >= 0.3 is 0 Å². The van der Waals surface area contributed by atoms with Crippen LogP contribution in [0, 0.1) is 5.92 Å². The van der Waals surface area contributed by atoms with E-state index in [4.69, 9.17) is 9.84 Å². The lowest BCUT2D eigenvalue weighted by Crippen LogP contribution is -2.43. The van der Waals surface area contributed by atoms with Crippen LogP contribution >= 0.6 is 15.9 Å². The summed E-state index contributed by atoms with van der Waals surface area (Å²) in [6.07, 6.45) is 2.33. The third kappa shape index (κ3) is 4.49. The van der Waals surface area contributed by atoms with Crippen molar-refractivity contribution >= 4 is 21.8 Å². The van der Waals surface area contributed by atoms with E-state index < -0.39 is 6.10 Å². The molecular formula is C15H20BrNO3. The Morgan fingerprint density at radius 2 is 2.10 bits per heavy atom. The highest BCUT2D eigenvalue weighted by atomic mass is 79.9. The second-order valence-corrected chi connectivity index (χ2v) is 6.09. The number of carbonyl (C=O) groups is 1. The molecule has 0 spiro atoms. The highest BCUT2D eigenvalue weighted by Crippen LogP contribution is 2.34. The number of aliphatic hydroxyl groups excluding tert-OH is 1. The minimum Gasteiger partial charge on any atom is -0.481 e. The summed E-state index contributed by atoms with van der Waals surface area (Å²) in [6.45, 7) is 1.84. The van der Waals surface area contributed by atoms with Crippen LogP contribution in [-0.2, 0) is 4.79 Å². The second-order valence-electron chi connectivity index (χ2n) is 5.18. The zero-order chi connectivity index (χ0) is 14.5. The van der Waals surface area contributed by atoms with Gasteiger partial charge in [-0.05, 0) is 56.4 Å². The van der Waals surface area contributed by atoms with Crippen molar-refractivity contribution in [1.29, 1.82) is 0 Å². The first kappa shape index (κ1) is 15.3. The average Bonchev–Trinajstić information content (AvgIpc) is 3.25. The Labute approximate surface area is 127 Å². The molecule has 1 aliphatic carbocycles. The van der Waals surface area contributed by atoms with E-state index in [2.05, 4.69) is 21.2 Å². The number of ether oxygens (including phenoxy) is 1. The minimum atomic E-state index is -0.545. The Hall–Kier alpha value is -1.07. The van der Waals surface area contributed by atoms with E-state index in [1.807, 2.05) is 24.3 Å². The molecule has 1 saturated carbocycles. The Kier molecular flexibility index (Phi) is 5.43. The van der Waals surface area contributed by atoms with Crippen LogP contribution in [0.15, 0.2) is 28.7 Å². The maximum Gasteiger partial charge on any atom is 0.261 e. The van der Waals surface area contributed by atoms with Crippen LogP contribution in [0.5, 0.6) is 5.75 Å². The fourth-order valence-corrected chi connectivity index (χ4v) is 2.40. The van der Waals surface area contributed by atoms with Crippen LogP contribution in [0.25, 0.3) is 0 Å². The number of carbonyl (C=O) groups excluding carboxylic acids is 1. The molecule has 0 saturated heterocycles. The summed E-state index contributed by atoms with van der Waals surface area (Å²) < 4.78 is 6.59.